The molecule has 0 aliphatic carbocycles. The third-order valence-electron chi connectivity index (χ3n) is 1.75. The molecule has 11 heteroatoms. The van der Waals surface area contributed by atoms with Crippen molar-refractivity contribution in [2.24, 2.45) is 0 Å². The third kappa shape index (κ3) is 3.21. The van der Waals surface area contributed by atoms with E-state index in [0.29, 0.717) is 12.1 Å². The Bertz CT molecular complexity index is 473. The molecule has 0 heterocycles. The molecule has 1 aromatic rings. The van der Waals surface area contributed by atoms with E-state index in [9.17, 15) is 22.8 Å². The first-order valence-electron chi connectivity index (χ1n) is 4.10. The van der Waals surface area contributed by atoms with Crippen LogP contribution in [0.25, 0.3) is 0 Å². The van der Waals surface area contributed by atoms with E-state index < -0.39 is 46.3 Å². The Kier molecular flexibility index (Phi) is 5.12. The molecule has 0 aliphatic heterocycles. The first-order valence-corrected chi connectivity index (χ1v) is 6.09. The summed E-state index contributed by atoms with van der Waals surface area (Å²) in [6.45, 7) is 0. The normalized spacial score (nSPS) is 16.0. The summed E-state index contributed by atoms with van der Waals surface area (Å²) < 4.78 is 58.0. The van der Waals surface area contributed by atoms with Gasteiger partial charge in [0.2, 0.25) is 0 Å². The van der Waals surface area contributed by atoms with Crippen molar-refractivity contribution in [3.63, 3.8) is 0 Å². The highest BCUT2D eigenvalue weighted by Crippen LogP contribution is 2.40. The zero-order chi connectivity index (χ0) is 13.9. The lowest BCUT2D eigenvalue weighted by Gasteiger charge is -2.20. The van der Waals surface area contributed by atoms with E-state index in [2.05, 4.69) is 9.05 Å². The van der Waals surface area contributed by atoms with Crippen LogP contribution in [0.15, 0.2) is 12.1 Å². The average Bonchev–Trinajstić information content (AvgIpc) is 2.23. The lowest BCUT2D eigenvalue weighted by Crippen LogP contribution is -2.31. The predicted octanol–water partition coefficient (Wildman–Crippen LogP) is 1.39. The Morgan fingerprint density at radius 3 is 2.33 bits per heavy atom. The van der Waals surface area contributed by atoms with Crippen molar-refractivity contribution in [2.75, 3.05) is 0 Å². The maximum atomic E-state index is 13.3. The van der Waals surface area contributed by atoms with Crippen molar-refractivity contribution < 1.29 is 41.7 Å². The fourth-order valence-electron chi connectivity index (χ4n) is 1.10. The van der Waals surface area contributed by atoms with E-state index in [1.165, 1.54) is 0 Å². The van der Waals surface area contributed by atoms with E-state index in [0.717, 1.165) is 0 Å². The van der Waals surface area contributed by atoms with Crippen molar-refractivity contribution in [1.82, 2.24) is 0 Å². The first-order chi connectivity index (χ1) is 8.31. The highest BCUT2D eigenvalue weighted by atomic mass is 31.1. The second-order valence-electron chi connectivity index (χ2n) is 2.82. The summed E-state index contributed by atoms with van der Waals surface area (Å²) in [6, 6.07) is 0.866. The molecule has 6 nitrogen and oxygen atoms in total. The van der Waals surface area contributed by atoms with Crippen LogP contribution in [-0.4, -0.2) is 14.9 Å². The van der Waals surface area contributed by atoms with Crippen molar-refractivity contribution >= 4 is 17.3 Å². The predicted molar refractivity (Wildman–Crippen MR) is 52.7 cm³/mol. The lowest BCUT2D eigenvalue weighted by molar-refractivity contribution is -0.285. The van der Waals surface area contributed by atoms with Crippen LogP contribution in [-0.2, 0) is 19.6 Å². The minimum atomic E-state index is -3.55. The Balaban J connectivity index is 3.37. The Morgan fingerprint density at radius 1 is 1.28 bits per heavy atom. The van der Waals surface area contributed by atoms with Gasteiger partial charge in [0.15, 0.2) is 20.7 Å². The summed E-state index contributed by atoms with van der Waals surface area (Å²) in [7, 11) is -5.09. The Morgan fingerprint density at radius 2 is 1.83 bits per heavy atom. The van der Waals surface area contributed by atoms with Gasteiger partial charge in [-0.1, -0.05) is 0 Å². The second-order valence-corrected chi connectivity index (χ2v) is 3.87. The van der Waals surface area contributed by atoms with Crippen LogP contribution in [0.4, 0.5) is 13.2 Å². The fourth-order valence-corrected chi connectivity index (χ4v) is 1.78. The molecule has 0 bridgehead atoms. The van der Waals surface area contributed by atoms with Crippen LogP contribution in [0.5, 0.6) is 0 Å². The molecule has 0 spiro atoms. The zero-order valence-corrected chi connectivity index (χ0v) is 10.2. The topological polar surface area (TPSA) is 96.2 Å². The second kappa shape index (κ2) is 5.99. The molecule has 0 saturated carbocycles. The largest absolute Gasteiger partial charge is 0.700 e. The van der Waals surface area contributed by atoms with Gasteiger partial charge in [0.1, 0.15) is 11.4 Å². The molecule has 100 valence electrons. The summed E-state index contributed by atoms with van der Waals surface area (Å²) in [6.07, 6.45) is 0. The van der Waals surface area contributed by atoms with E-state index >= 15 is 0 Å². The summed E-state index contributed by atoms with van der Waals surface area (Å²) in [5.74, 6) is -8.35. The number of hydrogen-bond donors (Lipinski definition) is 3. The van der Waals surface area contributed by atoms with Crippen LogP contribution in [0.2, 0.25) is 0 Å². The van der Waals surface area contributed by atoms with Gasteiger partial charge in [-0.2, -0.15) is 0 Å². The maximum absolute atomic E-state index is 13.3. The van der Waals surface area contributed by atoms with Crippen molar-refractivity contribution in [3.05, 3.63) is 35.1 Å². The molecule has 1 rings (SSSR count). The van der Waals surface area contributed by atoms with Gasteiger partial charge in [-0.15, -0.1) is 4.89 Å². The number of rotatable bonds is 5. The van der Waals surface area contributed by atoms with Crippen LogP contribution in [0, 0.1) is 17.5 Å². The monoisotopic (exact) mass is 305 g/mol. The van der Waals surface area contributed by atoms with Gasteiger partial charge in [0.25, 0.3) is 0 Å². The standard InChI is InChI=1S/C7H5F3O6P2/c8-3-1-2-4(9)6(10)5(3)7(11,15-17-12)16-18(13)14/h1-2,11-12,17H/p+1. The molecule has 0 aliphatic rings. The van der Waals surface area contributed by atoms with Crippen LogP contribution in [0.1, 0.15) is 5.56 Å². The Labute approximate surface area is 101 Å². The summed E-state index contributed by atoms with van der Waals surface area (Å²) in [5, 5.41) is 9.55. The fraction of sp³-hybridized carbons (Fsp3) is 0.143. The van der Waals surface area contributed by atoms with E-state index in [-0.39, 0.29) is 0 Å². The number of hydrogen-bond acceptors (Lipinski definition) is 5. The molecule has 0 saturated heterocycles. The van der Waals surface area contributed by atoms with Gasteiger partial charge in [-0.05, 0) is 16.7 Å². The Hall–Kier alpha value is -0.660. The van der Waals surface area contributed by atoms with Gasteiger partial charge in [-0.25, -0.2) is 13.2 Å². The van der Waals surface area contributed by atoms with Crippen LogP contribution < -0.4 is 0 Å². The molecule has 3 atom stereocenters. The van der Waals surface area contributed by atoms with Gasteiger partial charge in [-0.3, -0.25) is 4.52 Å². The SMILES string of the molecule is O=[P+](O)OC(O)(OPO)c1c(F)ccc(F)c1F. The highest BCUT2D eigenvalue weighted by Gasteiger charge is 2.47. The molecule has 3 N–H and O–H groups in total. The van der Waals surface area contributed by atoms with Crippen molar-refractivity contribution in [2.45, 2.75) is 5.97 Å². The molecular formula is C7H6F3O6P2+. The first kappa shape index (κ1) is 15.4. The molecule has 3 unspecified atom stereocenters. The smallest absolute Gasteiger partial charge is 0.352 e. The summed E-state index contributed by atoms with van der Waals surface area (Å²) in [4.78, 5) is 16.9. The van der Waals surface area contributed by atoms with Crippen molar-refractivity contribution in [3.8, 4) is 0 Å². The molecule has 0 aromatic heterocycles. The highest BCUT2D eigenvalue weighted by molar-refractivity contribution is 7.32. The minimum absolute atomic E-state index is 0.425. The van der Waals surface area contributed by atoms with Gasteiger partial charge in [0.05, 0.1) is 0 Å². The van der Waals surface area contributed by atoms with Gasteiger partial charge < -0.3 is 10.00 Å². The molecular weight excluding hydrogens is 299 g/mol. The van der Waals surface area contributed by atoms with Gasteiger partial charge >= 0.3 is 14.2 Å². The van der Waals surface area contributed by atoms with Crippen LogP contribution in [0.3, 0.4) is 0 Å². The molecule has 0 amide bonds. The number of halogens is 3. The minimum Gasteiger partial charge on any atom is -0.352 e. The lowest BCUT2D eigenvalue weighted by atomic mass is 10.1. The molecule has 0 radical (unpaired) electrons. The summed E-state index contributed by atoms with van der Waals surface area (Å²) in [5.41, 5.74) is -1.48. The summed E-state index contributed by atoms with van der Waals surface area (Å²) >= 11 is 0. The number of benzene rings is 1. The van der Waals surface area contributed by atoms with E-state index in [1.807, 2.05) is 0 Å². The zero-order valence-electron chi connectivity index (χ0n) is 8.30. The van der Waals surface area contributed by atoms with E-state index in [1.54, 1.807) is 0 Å². The average molecular weight is 305 g/mol. The quantitative estimate of drug-likeness (QED) is 0.432. The molecule has 18 heavy (non-hydrogen) atoms. The molecule has 0 fully saturated rings. The van der Waals surface area contributed by atoms with Gasteiger partial charge in [0, 0.05) is 4.57 Å². The third-order valence-corrected chi connectivity index (χ3v) is 2.52. The van der Waals surface area contributed by atoms with Crippen LogP contribution >= 0.6 is 17.3 Å². The van der Waals surface area contributed by atoms with Crippen molar-refractivity contribution in [1.29, 1.82) is 0 Å². The number of aliphatic hydroxyl groups is 1. The maximum Gasteiger partial charge on any atom is 0.700 e. The molecule has 1 aromatic carbocycles. The van der Waals surface area contributed by atoms with E-state index in [4.69, 9.17) is 9.79 Å².